The molecule has 1 aromatic rings. The van der Waals surface area contributed by atoms with Gasteiger partial charge in [-0.25, -0.2) is 0 Å². The maximum atomic E-state index is 11.3. The SMILES string of the molecule is C=CCNC(=O)CNc1ccc(C)cc1C. The Balaban J connectivity index is 2.48. The molecule has 0 unspecified atom stereocenters. The van der Waals surface area contributed by atoms with E-state index in [4.69, 9.17) is 0 Å². The summed E-state index contributed by atoms with van der Waals surface area (Å²) < 4.78 is 0. The maximum Gasteiger partial charge on any atom is 0.239 e. The van der Waals surface area contributed by atoms with E-state index in [2.05, 4.69) is 23.3 Å². The lowest BCUT2D eigenvalue weighted by atomic mass is 10.1. The van der Waals surface area contributed by atoms with Crippen molar-refractivity contribution in [3.63, 3.8) is 0 Å². The van der Waals surface area contributed by atoms with Gasteiger partial charge in [0.2, 0.25) is 5.91 Å². The topological polar surface area (TPSA) is 41.1 Å². The smallest absolute Gasteiger partial charge is 0.239 e. The number of benzene rings is 1. The van der Waals surface area contributed by atoms with Crippen LogP contribution in [0.5, 0.6) is 0 Å². The molecule has 2 N–H and O–H groups in total. The first kappa shape index (κ1) is 12.3. The number of amides is 1. The van der Waals surface area contributed by atoms with Gasteiger partial charge in [0.15, 0.2) is 0 Å². The van der Waals surface area contributed by atoms with Gasteiger partial charge in [-0.15, -0.1) is 6.58 Å². The second kappa shape index (κ2) is 5.95. The molecule has 0 saturated carbocycles. The van der Waals surface area contributed by atoms with Crippen molar-refractivity contribution in [2.45, 2.75) is 13.8 Å². The molecule has 86 valence electrons. The summed E-state index contributed by atoms with van der Waals surface area (Å²) >= 11 is 0. The average molecular weight is 218 g/mol. The highest BCUT2D eigenvalue weighted by Gasteiger charge is 2.01. The minimum Gasteiger partial charge on any atom is -0.376 e. The quantitative estimate of drug-likeness (QED) is 0.742. The van der Waals surface area contributed by atoms with Gasteiger partial charge in [0, 0.05) is 12.2 Å². The first-order valence-electron chi connectivity index (χ1n) is 5.32. The fraction of sp³-hybridized carbons (Fsp3) is 0.308. The van der Waals surface area contributed by atoms with E-state index in [0.717, 1.165) is 11.3 Å². The Morgan fingerprint density at radius 2 is 2.19 bits per heavy atom. The fourth-order valence-corrected chi connectivity index (χ4v) is 1.44. The summed E-state index contributed by atoms with van der Waals surface area (Å²) in [5, 5.41) is 5.82. The van der Waals surface area contributed by atoms with Gasteiger partial charge in [-0.2, -0.15) is 0 Å². The number of hydrogen-bond acceptors (Lipinski definition) is 2. The highest BCUT2D eigenvalue weighted by molar-refractivity contribution is 5.81. The molecular formula is C13H18N2O. The molecule has 0 aromatic heterocycles. The molecule has 1 rings (SSSR count). The summed E-state index contributed by atoms with van der Waals surface area (Å²) in [5.74, 6) is -0.0279. The Morgan fingerprint density at radius 1 is 1.44 bits per heavy atom. The number of hydrogen-bond donors (Lipinski definition) is 2. The van der Waals surface area contributed by atoms with Crippen LogP contribution in [0.15, 0.2) is 30.9 Å². The predicted octanol–water partition coefficient (Wildman–Crippen LogP) is 2.02. The van der Waals surface area contributed by atoms with E-state index in [1.807, 2.05) is 26.0 Å². The number of rotatable bonds is 5. The molecular weight excluding hydrogens is 200 g/mol. The van der Waals surface area contributed by atoms with Gasteiger partial charge < -0.3 is 10.6 Å². The summed E-state index contributed by atoms with van der Waals surface area (Å²) in [4.78, 5) is 11.3. The van der Waals surface area contributed by atoms with Crippen molar-refractivity contribution in [3.05, 3.63) is 42.0 Å². The first-order chi connectivity index (χ1) is 7.63. The molecule has 0 bridgehead atoms. The van der Waals surface area contributed by atoms with Gasteiger partial charge >= 0.3 is 0 Å². The van der Waals surface area contributed by atoms with Gasteiger partial charge in [0.05, 0.1) is 6.54 Å². The molecule has 0 aliphatic carbocycles. The van der Waals surface area contributed by atoms with E-state index in [0.29, 0.717) is 6.54 Å². The van der Waals surface area contributed by atoms with Crippen LogP contribution < -0.4 is 10.6 Å². The summed E-state index contributed by atoms with van der Waals surface area (Å²) in [6.07, 6.45) is 1.66. The van der Waals surface area contributed by atoms with Crippen LogP contribution >= 0.6 is 0 Å². The molecule has 3 heteroatoms. The molecule has 16 heavy (non-hydrogen) atoms. The van der Waals surface area contributed by atoms with E-state index in [9.17, 15) is 4.79 Å². The van der Waals surface area contributed by atoms with Crippen LogP contribution in [0.3, 0.4) is 0 Å². The number of carbonyl (C=O) groups is 1. The second-order valence-corrected chi connectivity index (χ2v) is 3.76. The van der Waals surface area contributed by atoms with E-state index < -0.39 is 0 Å². The average Bonchev–Trinajstić information content (AvgIpc) is 2.25. The Bertz CT molecular complexity index is 386. The molecule has 0 saturated heterocycles. The van der Waals surface area contributed by atoms with Gasteiger partial charge in [0.1, 0.15) is 0 Å². The third-order valence-electron chi connectivity index (χ3n) is 2.26. The fourth-order valence-electron chi connectivity index (χ4n) is 1.44. The number of carbonyl (C=O) groups excluding carboxylic acids is 1. The largest absolute Gasteiger partial charge is 0.376 e. The molecule has 0 spiro atoms. The standard InChI is InChI=1S/C13H18N2O/c1-4-7-14-13(16)9-15-12-6-5-10(2)8-11(12)3/h4-6,8,15H,1,7,9H2,2-3H3,(H,14,16). The highest BCUT2D eigenvalue weighted by atomic mass is 16.1. The predicted molar refractivity (Wildman–Crippen MR) is 67.6 cm³/mol. The van der Waals surface area contributed by atoms with Crippen LogP contribution in [0.4, 0.5) is 5.69 Å². The molecule has 1 amide bonds. The number of nitrogens with one attached hydrogen (secondary N) is 2. The molecule has 0 atom stereocenters. The molecule has 0 aliphatic rings. The normalized spacial score (nSPS) is 9.62. The molecule has 0 fully saturated rings. The van der Waals surface area contributed by atoms with Crippen LogP contribution in [0.25, 0.3) is 0 Å². The zero-order valence-electron chi connectivity index (χ0n) is 9.84. The third-order valence-corrected chi connectivity index (χ3v) is 2.26. The zero-order chi connectivity index (χ0) is 12.0. The first-order valence-corrected chi connectivity index (χ1v) is 5.32. The lowest BCUT2D eigenvalue weighted by molar-refractivity contribution is -0.119. The van der Waals surface area contributed by atoms with Gasteiger partial charge in [-0.1, -0.05) is 23.8 Å². The molecule has 1 aromatic carbocycles. The molecule has 0 aliphatic heterocycles. The Morgan fingerprint density at radius 3 is 2.81 bits per heavy atom. The summed E-state index contributed by atoms with van der Waals surface area (Å²) in [7, 11) is 0. The Labute approximate surface area is 96.6 Å². The van der Waals surface area contributed by atoms with Crippen molar-refractivity contribution in [1.82, 2.24) is 5.32 Å². The van der Waals surface area contributed by atoms with Crippen LogP contribution in [0, 0.1) is 13.8 Å². The molecule has 0 heterocycles. The minimum absolute atomic E-state index is 0.0279. The zero-order valence-corrected chi connectivity index (χ0v) is 9.84. The third kappa shape index (κ3) is 3.77. The Kier molecular flexibility index (Phi) is 4.58. The van der Waals surface area contributed by atoms with Crippen molar-refractivity contribution in [2.24, 2.45) is 0 Å². The number of anilines is 1. The van der Waals surface area contributed by atoms with Crippen LogP contribution in [0.2, 0.25) is 0 Å². The van der Waals surface area contributed by atoms with Gasteiger partial charge in [-0.05, 0) is 25.5 Å². The van der Waals surface area contributed by atoms with E-state index in [-0.39, 0.29) is 12.5 Å². The lowest BCUT2D eigenvalue weighted by Gasteiger charge is -2.09. The van der Waals surface area contributed by atoms with Gasteiger partial charge in [0.25, 0.3) is 0 Å². The van der Waals surface area contributed by atoms with Gasteiger partial charge in [-0.3, -0.25) is 4.79 Å². The van der Waals surface area contributed by atoms with Crippen molar-refractivity contribution >= 4 is 11.6 Å². The summed E-state index contributed by atoms with van der Waals surface area (Å²) in [5.41, 5.74) is 3.37. The Hall–Kier alpha value is -1.77. The maximum absolute atomic E-state index is 11.3. The van der Waals surface area contributed by atoms with Crippen molar-refractivity contribution < 1.29 is 4.79 Å². The van der Waals surface area contributed by atoms with E-state index in [1.165, 1.54) is 5.56 Å². The van der Waals surface area contributed by atoms with E-state index >= 15 is 0 Å². The lowest BCUT2D eigenvalue weighted by Crippen LogP contribution is -2.29. The minimum atomic E-state index is -0.0279. The van der Waals surface area contributed by atoms with Crippen molar-refractivity contribution in [2.75, 3.05) is 18.4 Å². The van der Waals surface area contributed by atoms with Crippen molar-refractivity contribution in [3.8, 4) is 0 Å². The summed E-state index contributed by atoms with van der Waals surface area (Å²) in [6, 6.07) is 6.10. The second-order valence-electron chi connectivity index (χ2n) is 3.76. The highest BCUT2D eigenvalue weighted by Crippen LogP contribution is 2.15. The molecule has 3 nitrogen and oxygen atoms in total. The van der Waals surface area contributed by atoms with Crippen LogP contribution in [-0.2, 0) is 4.79 Å². The summed E-state index contributed by atoms with van der Waals surface area (Å²) in [6.45, 7) is 8.41. The van der Waals surface area contributed by atoms with Crippen LogP contribution in [0.1, 0.15) is 11.1 Å². The molecule has 0 radical (unpaired) electrons. The number of aryl methyl sites for hydroxylation is 2. The van der Waals surface area contributed by atoms with Crippen LogP contribution in [-0.4, -0.2) is 19.0 Å². The monoisotopic (exact) mass is 218 g/mol. The van der Waals surface area contributed by atoms with Crippen molar-refractivity contribution in [1.29, 1.82) is 0 Å². The van der Waals surface area contributed by atoms with E-state index in [1.54, 1.807) is 6.08 Å².